The number of nitrogens with two attached hydrogens (primary N) is 1. The number of allylic oxidation sites excluding steroid dienone is 2. The van der Waals surface area contributed by atoms with Gasteiger partial charge in [-0.2, -0.15) is 0 Å². The highest BCUT2D eigenvalue weighted by atomic mass is 16.3. The number of carbonyl (C=O) groups is 1. The Kier molecular flexibility index (Phi) is 8.79. The molecule has 0 aromatic heterocycles. The van der Waals surface area contributed by atoms with Crippen LogP contribution in [0.2, 0.25) is 0 Å². The number of carbonyl (C=O) groups excluding carboxylic acids is 1. The van der Waals surface area contributed by atoms with Crippen molar-refractivity contribution in [1.82, 2.24) is 5.32 Å². The van der Waals surface area contributed by atoms with Crippen LogP contribution in [0.25, 0.3) is 5.57 Å². The van der Waals surface area contributed by atoms with E-state index in [0.717, 1.165) is 5.56 Å². The largest absolute Gasteiger partial charge is 0.508 e. The molecule has 0 aliphatic heterocycles. The van der Waals surface area contributed by atoms with Gasteiger partial charge in [-0.05, 0) is 36.3 Å². The Balaban J connectivity index is 0.00000172. The van der Waals surface area contributed by atoms with Crippen molar-refractivity contribution in [2.45, 2.75) is 20.8 Å². The standard InChI is InChI=1S/C14H18N2O2.C2H6/c1-3-4-12(14(18)16-8-7-15)13-9-11(17)6-5-10(13)2;1-2/h3-6,9,17H,1,7-8,15H2,2H3,(H,16,18);1-2H3/b12-4+;. The monoisotopic (exact) mass is 276 g/mol. The summed E-state index contributed by atoms with van der Waals surface area (Å²) in [5, 5.41) is 12.2. The van der Waals surface area contributed by atoms with Crippen molar-refractivity contribution in [2.75, 3.05) is 13.1 Å². The van der Waals surface area contributed by atoms with Crippen LogP contribution in [0, 0.1) is 6.92 Å². The van der Waals surface area contributed by atoms with Crippen LogP contribution in [0.4, 0.5) is 0 Å². The number of benzene rings is 1. The molecule has 20 heavy (non-hydrogen) atoms. The molecule has 0 fully saturated rings. The molecule has 4 heteroatoms. The molecule has 4 N–H and O–H groups in total. The zero-order valence-electron chi connectivity index (χ0n) is 12.4. The van der Waals surface area contributed by atoms with E-state index in [1.807, 2.05) is 20.8 Å². The van der Waals surface area contributed by atoms with E-state index in [2.05, 4.69) is 11.9 Å². The molecule has 0 heterocycles. The van der Waals surface area contributed by atoms with Crippen molar-refractivity contribution in [3.63, 3.8) is 0 Å². The van der Waals surface area contributed by atoms with Gasteiger partial charge >= 0.3 is 0 Å². The maximum atomic E-state index is 12.0. The van der Waals surface area contributed by atoms with Gasteiger partial charge in [-0.1, -0.05) is 32.6 Å². The van der Waals surface area contributed by atoms with Gasteiger partial charge in [0.15, 0.2) is 0 Å². The molecule has 110 valence electrons. The van der Waals surface area contributed by atoms with E-state index in [9.17, 15) is 9.90 Å². The van der Waals surface area contributed by atoms with Gasteiger partial charge in [-0.3, -0.25) is 4.79 Å². The van der Waals surface area contributed by atoms with Gasteiger partial charge in [0.1, 0.15) is 5.75 Å². The Morgan fingerprint density at radius 2 is 2.10 bits per heavy atom. The highest BCUT2D eigenvalue weighted by molar-refractivity contribution is 6.20. The number of phenols is 1. The Hall–Kier alpha value is -2.07. The topological polar surface area (TPSA) is 75.4 Å². The summed E-state index contributed by atoms with van der Waals surface area (Å²) in [6.07, 6.45) is 3.16. The highest BCUT2D eigenvalue weighted by Crippen LogP contribution is 2.23. The fraction of sp³-hybridized carbons (Fsp3) is 0.312. The minimum atomic E-state index is -0.228. The smallest absolute Gasteiger partial charge is 0.251 e. The average molecular weight is 276 g/mol. The van der Waals surface area contributed by atoms with Crippen LogP contribution in [0.5, 0.6) is 5.75 Å². The number of amides is 1. The van der Waals surface area contributed by atoms with E-state index in [0.29, 0.717) is 24.2 Å². The minimum Gasteiger partial charge on any atom is -0.508 e. The predicted molar refractivity (Wildman–Crippen MR) is 84.4 cm³/mol. The average Bonchev–Trinajstić information content (AvgIpc) is 2.47. The third kappa shape index (κ3) is 5.28. The number of aromatic hydroxyl groups is 1. The molecule has 0 bridgehead atoms. The van der Waals surface area contributed by atoms with Crippen molar-refractivity contribution in [2.24, 2.45) is 5.73 Å². The number of hydrogen-bond acceptors (Lipinski definition) is 3. The quantitative estimate of drug-likeness (QED) is 0.571. The lowest BCUT2D eigenvalue weighted by atomic mass is 9.99. The van der Waals surface area contributed by atoms with E-state index >= 15 is 0 Å². The highest BCUT2D eigenvalue weighted by Gasteiger charge is 2.13. The van der Waals surface area contributed by atoms with Crippen LogP contribution in [-0.4, -0.2) is 24.1 Å². The first-order valence-corrected chi connectivity index (χ1v) is 6.71. The molecule has 1 rings (SSSR count). The van der Waals surface area contributed by atoms with Gasteiger partial charge in [0.2, 0.25) is 0 Å². The van der Waals surface area contributed by atoms with Crippen LogP contribution < -0.4 is 11.1 Å². The number of phenolic OH excluding ortho intramolecular Hbond substituents is 1. The van der Waals surface area contributed by atoms with E-state index in [1.165, 1.54) is 0 Å². The molecule has 0 aliphatic rings. The molecule has 4 nitrogen and oxygen atoms in total. The molecule has 0 unspecified atom stereocenters. The van der Waals surface area contributed by atoms with E-state index in [-0.39, 0.29) is 11.7 Å². The summed E-state index contributed by atoms with van der Waals surface area (Å²) < 4.78 is 0. The number of aryl methyl sites for hydroxylation is 1. The lowest BCUT2D eigenvalue weighted by molar-refractivity contribution is -0.115. The van der Waals surface area contributed by atoms with Gasteiger partial charge < -0.3 is 16.2 Å². The van der Waals surface area contributed by atoms with Crippen molar-refractivity contribution < 1.29 is 9.90 Å². The number of hydrogen-bond donors (Lipinski definition) is 3. The molecule has 1 aromatic carbocycles. The SMILES string of the molecule is C=C/C=C(/C(=O)NCCN)c1cc(O)ccc1C.CC. The molecule has 0 spiro atoms. The minimum absolute atomic E-state index is 0.122. The summed E-state index contributed by atoms with van der Waals surface area (Å²) in [6, 6.07) is 4.91. The normalized spacial score (nSPS) is 10.3. The molecule has 1 aromatic rings. The molecule has 0 aliphatic carbocycles. The molecule has 0 radical (unpaired) electrons. The van der Waals surface area contributed by atoms with Gasteiger partial charge in [0, 0.05) is 18.7 Å². The Morgan fingerprint density at radius 1 is 1.45 bits per heavy atom. The summed E-state index contributed by atoms with van der Waals surface area (Å²) in [6.45, 7) is 10.3. The second-order valence-electron chi connectivity index (χ2n) is 3.86. The van der Waals surface area contributed by atoms with Gasteiger partial charge in [0.25, 0.3) is 5.91 Å². The number of rotatable bonds is 5. The zero-order valence-corrected chi connectivity index (χ0v) is 12.4. The molecule has 0 saturated heterocycles. The summed E-state index contributed by atoms with van der Waals surface area (Å²) >= 11 is 0. The first-order valence-electron chi connectivity index (χ1n) is 6.71. The molecular weight excluding hydrogens is 252 g/mol. The van der Waals surface area contributed by atoms with Crippen LogP contribution in [-0.2, 0) is 4.79 Å². The van der Waals surface area contributed by atoms with Gasteiger partial charge in [-0.25, -0.2) is 0 Å². The van der Waals surface area contributed by atoms with Crippen molar-refractivity contribution in [3.8, 4) is 5.75 Å². The first kappa shape index (κ1) is 17.9. The van der Waals surface area contributed by atoms with E-state index < -0.39 is 0 Å². The first-order chi connectivity index (χ1) is 9.60. The van der Waals surface area contributed by atoms with Crippen LogP contribution in [0.1, 0.15) is 25.0 Å². The maximum absolute atomic E-state index is 12.0. The van der Waals surface area contributed by atoms with Gasteiger partial charge in [-0.15, -0.1) is 0 Å². The maximum Gasteiger partial charge on any atom is 0.251 e. The summed E-state index contributed by atoms with van der Waals surface area (Å²) in [5.41, 5.74) is 7.40. The lowest BCUT2D eigenvalue weighted by Gasteiger charge is -2.11. The molecule has 1 amide bonds. The predicted octanol–water partition coefficient (Wildman–Crippen LogP) is 2.37. The molecular formula is C16H24N2O2. The summed E-state index contributed by atoms with van der Waals surface area (Å²) in [5.74, 6) is -0.105. The Bertz CT molecular complexity index is 479. The second kappa shape index (κ2) is 9.81. The van der Waals surface area contributed by atoms with Crippen LogP contribution >= 0.6 is 0 Å². The molecule has 0 atom stereocenters. The fourth-order valence-electron chi connectivity index (χ4n) is 1.59. The lowest BCUT2D eigenvalue weighted by Crippen LogP contribution is -2.29. The van der Waals surface area contributed by atoms with Crippen molar-refractivity contribution in [1.29, 1.82) is 0 Å². The second-order valence-corrected chi connectivity index (χ2v) is 3.86. The van der Waals surface area contributed by atoms with E-state index in [1.54, 1.807) is 30.4 Å². The third-order valence-corrected chi connectivity index (χ3v) is 2.47. The fourth-order valence-corrected chi connectivity index (χ4v) is 1.59. The van der Waals surface area contributed by atoms with E-state index in [4.69, 9.17) is 5.73 Å². The number of nitrogens with one attached hydrogen (secondary N) is 1. The van der Waals surface area contributed by atoms with Crippen LogP contribution in [0.15, 0.2) is 36.9 Å². The summed E-state index contributed by atoms with van der Waals surface area (Å²) in [7, 11) is 0. The summed E-state index contributed by atoms with van der Waals surface area (Å²) in [4.78, 5) is 12.0. The van der Waals surface area contributed by atoms with Crippen molar-refractivity contribution >= 4 is 11.5 Å². The molecule has 0 saturated carbocycles. The Morgan fingerprint density at radius 3 is 2.65 bits per heavy atom. The van der Waals surface area contributed by atoms with Gasteiger partial charge in [0.05, 0.1) is 0 Å². The third-order valence-electron chi connectivity index (χ3n) is 2.47. The Labute approximate surface area is 121 Å². The van der Waals surface area contributed by atoms with Crippen LogP contribution in [0.3, 0.4) is 0 Å². The van der Waals surface area contributed by atoms with Crippen molar-refractivity contribution in [3.05, 3.63) is 48.1 Å². The zero-order chi connectivity index (χ0) is 15.5.